The molecule has 7 heteroatoms. The molecule has 0 aliphatic heterocycles. The molecular formula is C11H12N2O4S. The van der Waals surface area contributed by atoms with E-state index in [9.17, 15) is 13.2 Å². The third-order valence-electron chi connectivity index (χ3n) is 2.42. The number of carbonyl (C=O) groups excluding carboxylic acids is 1. The number of benzene rings is 1. The van der Waals surface area contributed by atoms with Gasteiger partial charge in [0.1, 0.15) is 11.3 Å². The molecule has 0 bridgehead atoms. The Bertz CT molecular complexity index is 731. The molecule has 0 radical (unpaired) electrons. The lowest BCUT2D eigenvalue weighted by atomic mass is 10.1. The molecule has 2 rings (SSSR count). The van der Waals surface area contributed by atoms with E-state index in [-0.39, 0.29) is 0 Å². The summed E-state index contributed by atoms with van der Waals surface area (Å²) in [5.41, 5.74) is 6.35. The van der Waals surface area contributed by atoms with Crippen LogP contribution in [0.5, 0.6) is 0 Å². The zero-order valence-electron chi connectivity index (χ0n) is 9.85. The molecule has 3 N–H and O–H groups in total. The molecule has 1 amide bonds. The number of rotatable bonds is 3. The van der Waals surface area contributed by atoms with Crippen LogP contribution < -0.4 is 10.5 Å². The molecule has 0 aliphatic rings. The van der Waals surface area contributed by atoms with E-state index < -0.39 is 15.9 Å². The number of carbonyl (C=O) groups is 1. The molecule has 2 aromatic rings. The van der Waals surface area contributed by atoms with E-state index in [1.807, 2.05) is 0 Å². The molecule has 0 unspecified atom stereocenters. The largest absolute Gasteiger partial charge is 0.460 e. The van der Waals surface area contributed by atoms with Crippen LogP contribution in [0.2, 0.25) is 0 Å². The van der Waals surface area contributed by atoms with E-state index >= 15 is 0 Å². The van der Waals surface area contributed by atoms with Gasteiger partial charge in [0.05, 0.1) is 17.5 Å². The fourth-order valence-electron chi connectivity index (χ4n) is 1.80. The standard InChI is InChI=1S/C11H12N2O4S/c1-6-10(11(12)14)8-4-3-7(5-9(8)17-6)13-18(2,15)16/h3-5,13H,1-2H3,(H2,12,14). The summed E-state index contributed by atoms with van der Waals surface area (Å²) in [5.74, 6) is -0.163. The zero-order chi connectivity index (χ0) is 13.5. The van der Waals surface area contributed by atoms with Gasteiger partial charge in [0.2, 0.25) is 10.0 Å². The first kappa shape index (κ1) is 12.4. The third-order valence-corrected chi connectivity index (χ3v) is 3.02. The second-order valence-corrected chi connectivity index (χ2v) is 5.73. The van der Waals surface area contributed by atoms with Crippen molar-refractivity contribution in [2.75, 3.05) is 11.0 Å². The van der Waals surface area contributed by atoms with Crippen molar-refractivity contribution in [1.82, 2.24) is 0 Å². The summed E-state index contributed by atoms with van der Waals surface area (Å²) in [6.45, 7) is 1.63. The lowest BCUT2D eigenvalue weighted by Gasteiger charge is -2.02. The number of furan rings is 1. The molecule has 6 nitrogen and oxygen atoms in total. The Balaban J connectivity index is 2.58. The van der Waals surface area contributed by atoms with E-state index in [0.717, 1.165) is 6.26 Å². The normalized spacial score (nSPS) is 11.7. The van der Waals surface area contributed by atoms with Crippen LogP contribution in [-0.4, -0.2) is 20.6 Å². The number of aryl methyl sites for hydroxylation is 1. The van der Waals surface area contributed by atoms with Gasteiger partial charge in [-0.25, -0.2) is 8.42 Å². The highest BCUT2D eigenvalue weighted by atomic mass is 32.2. The van der Waals surface area contributed by atoms with E-state index in [1.165, 1.54) is 6.07 Å². The van der Waals surface area contributed by atoms with Crippen molar-refractivity contribution < 1.29 is 17.6 Å². The SMILES string of the molecule is Cc1oc2cc(NS(C)(=O)=O)ccc2c1C(N)=O. The Morgan fingerprint density at radius 3 is 2.61 bits per heavy atom. The van der Waals surface area contributed by atoms with E-state index in [1.54, 1.807) is 19.1 Å². The second kappa shape index (κ2) is 4.02. The average Bonchev–Trinajstić information content (AvgIpc) is 2.50. The highest BCUT2D eigenvalue weighted by molar-refractivity contribution is 7.92. The topological polar surface area (TPSA) is 102 Å². The summed E-state index contributed by atoms with van der Waals surface area (Å²) < 4.78 is 29.9. The lowest BCUT2D eigenvalue weighted by molar-refractivity contribution is 0.1000. The molecule has 1 aromatic heterocycles. The number of sulfonamides is 1. The van der Waals surface area contributed by atoms with Crippen molar-refractivity contribution in [1.29, 1.82) is 0 Å². The van der Waals surface area contributed by atoms with E-state index in [4.69, 9.17) is 10.2 Å². The molecule has 1 aromatic carbocycles. The maximum absolute atomic E-state index is 11.3. The maximum Gasteiger partial charge on any atom is 0.252 e. The molecule has 0 fully saturated rings. The first-order valence-corrected chi connectivity index (χ1v) is 6.98. The minimum Gasteiger partial charge on any atom is -0.460 e. The quantitative estimate of drug-likeness (QED) is 0.873. The predicted molar refractivity (Wildman–Crippen MR) is 67.9 cm³/mol. The van der Waals surface area contributed by atoms with Crippen molar-refractivity contribution in [3.63, 3.8) is 0 Å². The van der Waals surface area contributed by atoms with Gasteiger partial charge in [-0.3, -0.25) is 9.52 Å². The molecule has 0 saturated heterocycles. The number of hydrogen-bond donors (Lipinski definition) is 2. The summed E-state index contributed by atoms with van der Waals surface area (Å²) >= 11 is 0. The van der Waals surface area contributed by atoms with Crippen molar-refractivity contribution >= 4 is 32.6 Å². The number of nitrogens with two attached hydrogens (primary N) is 1. The van der Waals surface area contributed by atoms with Crippen molar-refractivity contribution in [3.8, 4) is 0 Å². The summed E-state index contributed by atoms with van der Waals surface area (Å²) in [6, 6.07) is 4.65. The highest BCUT2D eigenvalue weighted by Gasteiger charge is 2.16. The number of fused-ring (bicyclic) bond motifs is 1. The average molecular weight is 268 g/mol. The van der Waals surface area contributed by atoms with Crippen LogP contribution in [0.4, 0.5) is 5.69 Å². The van der Waals surface area contributed by atoms with Crippen molar-refractivity contribution in [2.24, 2.45) is 5.73 Å². The fourth-order valence-corrected chi connectivity index (χ4v) is 2.36. The third kappa shape index (κ3) is 2.30. The number of primary amides is 1. The smallest absolute Gasteiger partial charge is 0.252 e. The molecule has 0 aliphatic carbocycles. The fraction of sp³-hybridized carbons (Fsp3) is 0.182. The molecular weight excluding hydrogens is 256 g/mol. The molecule has 0 spiro atoms. The summed E-state index contributed by atoms with van der Waals surface area (Å²) in [4.78, 5) is 11.3. The summed E-state index contributed by atoms with van der Waals surface area (Å²) in [6.07, 6.45) is 1.05. The monoisotopic (exact) mass is 268 g/mol. The minimum atomic E-state index is -3.35. The van der Waals surface area contributed by atoms with Gasteiger partial charge < -0.3 is 10.2 Å². The molecule has 96 valence electrons. The Kier molecular flexibility index (Phi) is 2.78. The first-order valence-electron chi connectivity index (χ1n) is 5.08. The predicted octanol–water partition coefficient (Wildman–Crippen LogP) is 1.21. The van der Waals surface area contributed by atoms with Crippen molar-refractivity contribution in [3.05, 3.63) is 29.5 Å². The molecule has 0 saturated carbocycles. The molecule has 0 atom stereocenters. The highest BCUT2D eigenvalue weighted by Crippen LogP contribution is 2.27. The van der Waals surface area contributed by atoms with Crippen molar-refractivity contribution in [2.45, 2.75) is 6.92 Å². The van der Waals surface area contributed by atoms with Gasteiger partial charge in [-0.2, -0.15) is 0 Å². The van der Waals surface area contributed by atoms with E-state index in [0.29, 0.717) is 28.0 Å². The number of anilines is 1. The van der Waals surface area contributed by atoms with Crippen LogP contribution >= 0.6 is 0 Å². The first-order chi connectivity index (χ1) is 8.28. The van der Waals surface area contributed by atoms with Gasteiger partial charge in [-0.1, -0.05) is 0 Å². The lowest BCUT2D eigenvalue weighted by Crippen LogP contribution is -2.11. The summed E-state index contributed by atoms with van der Waals surface area (Å²) in [5, 5.41) is 0.569. The number of hydrogen-bond acceptors (Lipinski definition) is 4. The number of nitrogens with one attached hydrogen (secondary N) is 1. The van der Waals surface area contributed by atoms with E-state index in [2.05, 4.69) is 4.72 Å². The Morgan fingerprint density at radius 1 is 1.39 bits per heavy atom. The van der Waals surface area contributed by atoms with Crippen LogP contribution in [-0.2, 0) is 10.0 Å². The van der Waals surface area contributed by atoms with Gasteiger partial charge >= 0.3 is 0 Å². The van der Waals surface area contributed by atoms with Crippen LogP contribution in [0.3, 0.4) is 0 Å². The van der Waals surface area contributed by atoms with Crippen LogP contribution in [0, 0.1) is 6.92 Å². The maximum atomic E-state index is 11.3. The van der Waals surface area contributed by atoms with Crippen LogP contribution in [0.15, 0.2) is 22.6 Å². The van der Waals surface area contributed by atoms with Crippen LogP contribution in [0.1, 0.15) is 16.1 Å². The minimum absolute atomic E-state index is 0.316. The van der Waals surface area contributed by atoms with Gasteiger partial charge in [0.25, 0.3) is 5.91 Å². The van der Waals surface area contributed by atoms with Gasteiger partial charge in [0, 0.05) is 11.5 Å². The van der Waals surface area contributed by atoms with Gasteiger partial charge in [0.15, 0.2) is 0 Å². The van der Waals surface area contributed by atoms with Gasteiger partial charge in [-0.05, 0) is 19.1 Å². The second-order valence-electron chi connectivity index (χ2n) is 3.98. The zero-order valence-corrected chi connectivity index (χ0v) is 10.7. The number of amides is 1. The molecule has 18 heavy (non-hydrogen) atoms. The Labute approximate surface area is 104 Å². The summed E-state index contributed by atoms with van der Waals surface area (Å²) in [7, 11) is -3.35. The Hall–Kier alpha value is -2.02. The molecule has 1 heterocycles. The Morgan fingerprint density at radius 2 is 2.06 bits per heavy atom. The van der Waals surface area contributed by atoms with Gasteiger partial charge in [-0.15, -0.1) is 0 Å². The van der Waals surface area contributed by atoms with Crippen LogP contribution in [0.25, 0.3) is 11.0 Å².